The van der Waals surface area contributed by atoms with Crippen molar-refractivity contribution >= 4 is 38.4 Å². The molecular formula is C21H17N5S. The monoisotopic (exact) mass is 371 g/mol. The molecule has 5 aromatic rings. The Kier molecular flexibility index (Phi) is 3.83. The first-order valence-corrected chi connectivity index (χ1v) is 9.60. The molecule has 5 nitrogen and oxygen atoms in total. The molecule has 0 fully saturated rings. The molecule has 3 heterocycles. The number of nitrogens with zero attached hydrogens (tertiary/aromatic N) is 4. The summed E-state index contributed by atoms with van der Waals surface area (Å²) in [5, 5.41) is 4.69. The second kappa shape index (κ2) is 6.48. The molecule has 0 bridgehead atoms. The van der Waals surface area contributed by atoms with E-state index in [1.165, 1.54) is 15.0 Å². The van der Waals surface area contributed by atoms with Crippen LogP contribution in [-0.4, -0.2) is 19.5 Å². The van der Waals surface area contributed by atoms with Crippen LogP contribution in [0.5, 0.6) is 0 Å². The number of aromatic nitrogens is 4. The molecule has 0 aliphatic carbocycles. The Morgan fingerprint density at radius 2 is 1.85 bits per heavy atom. The van der Waals surface area contributed by atoms with Gasteiger partial charge >= 0.3 is 0 Å². The molecule has 0 saturated heterocycles. The summed E-state index contributed by atoms with van der Waals surface area (Å²) >= 11 is 1.80. The van der Waals surface area contributed by atoms with Gasteiger partial charge in [0.1, 0.15) is 12.1 Å². The summed E-state index contributed by atoms with van der Waals surface area (Å²) in [5.41, 5.74) is 1.98. The zero-order valence-corrected chi connectivity index (χ0v) is 15.5. The minimum atomic E-state index is 0.122. The van der Waals surface area contributed by atoms with Crippen LogP contribution in [0.4, 0.5) is 5.95 Å². The maximum Gasteiger partial charge on any atom is 0.225 e. The number of thiophene rings is 1. The number of benzene rings is 2. The molecule has 3 aromatic heterocycles. The number of para-hydroxylation sites is 2. The average molecular weight is 371 g/mol. The third kappa shape index (κ3) is 2.94. The number of anilines is 1. The number of rotatable bonds is 4. The normalized spacial score (nSPS) is 12.5. The first kappa shape index (κ1) is 16.0. The molecule has 1 atom stereocenters. The maximum atomic E-state index is 4.69. The van der Waals surface area contributed by atoms with Gasteiger partial charge in [-0.3, -0.25) is 4.57 Å². The van der Waals surface area contributed by atoms with Crippen molar-refractivity contribution in [3.05, 3.63) is 78.1 Å². The molecule has 0 amide bonds. The third-order valence-electron chi connectivity index (χ3n) is 4.56. The Morgan fingerprint density at radius 3 is 2.78 bits per heavy atom. The second-order valence-electron chi connectivity index (χ2n) is 6.39. The van der Waals surface area contributed by atoms with Crippen molar-refractivity contribution in [2.75, 3.05) is 5.32 Å². The molecule has 0 aliphatic heterocycles. The topological polar surface area (TPSA) is 55.6 Å². The van der Waals surface area contributed by atoms with Crippen molar-refractivity contribution in [3.63, 3.8) is 0 Å². The largest absolute Gasteiger partial charge is 0.347 e. The molecule has 132 valence electrons. The lowest BCUT2D eigenvalue weighted by molar-refractivity contribution is 0.872. The summed E-state index contributed by atoms with van der Waals surface area (Å²) in [6.45, 7) is 2.13. The number of hydrogen-bond acceptors (Lipinski definition) is 5. The SMILES string of the molecule is CC(Nc1nccc(-n2cnc3ccccc32)n1)c1cc2ccccc2s1. The van der Waals surface area contributed by atoms with Gasteiger partial charge in [-0.05, 0) is 42.6 Å². The first-order chi connectivity index (χ1) is 13.3. The maximum absolute atomic E-state index is 4.69. The van der Waals surface area contributed by atoms with Crippen molar-refractivity contribution < 1.29 is 0 Å². The van der Waals surface area contributed by atoms with Crippen LogP contribution in [-0.2, 0) is 0 Å². The van der Waals surface area contributed by atoms with Gasteiger partial charge in [0.25, 0.3) is 0 Å². The number of hydrogen-bond donors (Lipinski definition) is 1. The Labute approximate surface area is 160 Å². The quantitative estimate of drug-likeness (QED) is 0.471. The van der Waals surface area contributed by atoms with E-state index in [4.69, 9.17) is 4.98 Å². The van der Waals surface area contributed by atoms with E-state index in [1.807, 2.05) is 34.9 Å². The molecule has 1 unspecified atom stereocenters. The minimum Gasteiger partial charge on any atom is -0.347 e. The molecule has 0 saturated carbocycles. The zero-order chi connectivity index (χ0) is 18.2. The van der Waals surface area contributed by atoms with Gasteiger partial charge in [-0.2, -0.15) is 4.98 Å². The molecule has 5 rings (SSSR count). The Morgan fingerprint density at radius 1 is 1.00 bits per heavy atom. The number of fused-ring (bicyclic) bond motifs is 2. The lowest BCUT2D eigenvalue weighted by Crippen LogP contribution is -2.09. The van der Waals surface area contributed by atoms with E-state index in [0.29, 0.717) is 5.95 Å². The summed E-state index contributed by atoms with van der Waals surface area (Å²) in [4.78, 5) is 14.8. The zero-order valence-electron chi connectivity index (χ0n) is 14.7. The van der Waals surface area contributed by atoms with Crippen LogP contribution in [0.3, 0.4) is 0 Å². The van der Waals surface area contributed by atoms with Crippen molar-refractivity contribution in [2.24, 2.45) is 0 Å². The molecule has 2 aromatic carbocycles. The van der Waals surface area contributed by atoms with Gasteiger partial charge in [0.05, 0.1) is 17.1 Å². The molecular weight excluding hydrogens is 354 g/mol. The average Bonchev–Trinajstić information content (AvgIpc) is 3.32. The molecule has 0 spiro atoms. The Hall–Kier alpha value is -3.25. The summed E-state index contributed by atoms with van der Waals surface area (Å²) in [6, 6.07) is 20.7. The molecule has 0 aliphatic rings. The van der Waals surface area contributed by atoms with E-state index < -0.39 is 0 Å². The predicted octanol–water partition coefficient (Wildman–Crippen LogP) is 5.20. The van der Waals surface area contributed by atoms with E-state index in [9.17, 15) is 0 Å². The van der Waals surface area contributed by atoms with Crippen LogP contribution in [0.1, 0.15) is 17.8 Å². The van der Waals surface area contributed by atoms with Crippen LogP contribution in [0.25, 0.3) is 26.9 Å². The van der Waals surface area contributed by atoms with Gasteiger partial charge in [-0.15, -0.1) is 11.3 Å². The van der Waals surface area contributed by atoms with E-state index >= 15 is 0 Å². The fourth-order valence-electron chi connectivity index (χ4n) is 3.18. The highest BCUT2D eigenvalue weighted by molar-refractivity contribution is 7.19. The lowest BCUT2D eigenvalue weighted by Gasteiger charge is -2.13. The van der Waals surface area contributed by atoms with Gasteiger partial charge < -0.3 is 5.32 Å². The van der Waals surface area contributed by atoms with E-state index in [0.717, 1.165) is 16.9 Å². The first-order valence-electron chi connectivity index (χ1n) is 8.78. The van der Waals surface area contributed by atoms with Gasteiger partial charge in [0.2, 0.25) is 5.95 Å². The highest BCUT2D eigenvalue weighted by Crippen LogP contribution is 2.31. The molecule has 27 heavy (non-hydrogen) atoms. The molecule has 0 radical (unpaired) electrons. The fraction of sp³-hybridized carbons (Fsp3) is 0.0952. The predicted molar refractivity (Wildman–Crippen MR) is 111 cm³/mol. The van der Waals surface area contributed by atoms with Gasteiger partial charge in [0, 0.05) is 15.8 Å². The van der Waals surface area contributed by atoms with Crippen LogP contribution in [0.2, 0.25) is 0 Å². The lowest BCUT2D eigenvalue weighted by atomic mass is 10.2. The minimum absolute atomic E-state index is 0.122. The standard InChI is InChI=1S/C21H17N5S/c1-14(19-12-15-6-2-5-9-18(15)27-19)24-21-22-11-10-20(25-21)26-13-23-16-7-3-4-8-17(16)26/h2-14H,1H3,(H,22,24,25). The summed E-state index contributed by atoms with van der Waals surface area (Å²) < 4.78 is 3.27. The van der Waals surface area contributed by atoms with E-state index in [-0.39, 0.29) is 6.04 Å². The smallest absolute Gasteiger partial charge is 0.225 e. The van der Waals surface area contributed by atoms with Gasteiger partial charge in [0.15, 0.2) is 0 Å². The second-order valence-corrected chi connectivity index (χ2v) is 7.51. The van der Waals surface area contributed by atoms with Crippen molar-refractivity contribution in [1.82, 2.24) is 19.5 Å². The van der Waals surface area contributed by atoms with Crippen LogP contribution >= 0.6 is 11.3 Å². The summed E-state index contributed by atoms with van der Waals surface area (Å²) in [7, 11) is 0. The molecule has 6 heteroatoms. The van der Waals surface area contributed by atoms with E-state index in [1.54, 1.807) is 23.9 Å². The Balaban J connectivity index is 1.45. The summed E-state index contributed by atoms with van der Waals surface area (Å²) in [6.07, 6.45) is 3.57. The van der Waals surface area contributed by atoms with Crippen LogP contribution in [0.15, 0.2) is 73.2 Å². The fourth-order valence-corrected chi connectivity index (χ4v) is 4.24. The van der Waals surface area contributed by atoms with Crippen molar-refractivity contribution in [1.29, 1.82) is 0 Å². The van der Waals surface area contributed by atoms with Gasteiger partial charge in [-0.1, -0.05) is 30.3 Å². The van der Waals surface area contributed by atoms with Crippen LogP contribution < -0.4 is 5.32 Å². The Bertz CT molecular complexity index is 1210. The highest BCUT2D eigenvalue weighted by atomic mass is 32.1. The number of nitrogens with one attached hydrogen (secondary N) is 1. The van der Waals surface area contributed by atoms with Crippen LogP contribution in [0, 0.1) is 0 Å². The van der Waals surface area contributed by atoms with Gasteiger partial charge in [-0.25, -0.2) is 9.97 Å². The number of imidazole rings is 1. The van der Waals surface area contributed by atoms with Crippen molar-refractivity contribution in [3.8, 4) is 5.82 Å². The molecule has 1 N–H and O–H groups in total. The third-order valence-corrected chi connectivity index (χ3v) is 5.86. The van der Waals surface area contributed by atoms with E-state index in [2.05, 4.69) is 52.5 Å². The highest BCUT2D eigenvalue weighted by Gasteiger charge is 2.12. The summed E-state index contributed by atoms with van der Waals surface area (Å²) in [5.74, 6) is 1.40. The van der Waals surface area contributed by atoms with Crippen molar-refractivity contribution in [2.45, 2.75) is 13.0 Å².